The molecular weight excluding hydrogens is 284 g/mol. The number of amides is 1. The van der Waals surface area contributed by atoms with Gasteiger partial charge in [0, 0.05) is 18.5 Å². The fourth-order valence-corrected chi connectivity index (χ4v) is 3.79. The lowest BCUT2D eigenvalue weighted by molar-refractivity contribution is -0.121. The standard InChI is InChI=1S/C20H32N2O/c1-4-5-11-19(23)21-16-17-12-14-20(15-13-17,22(2)3)18-9-7-6-8-10-18/h6-10,17H,4-5,11-16H2,1-3H3,(H,21,23). The number of rotatable bonds is 7. The van der Waals surface area contributed by atoms with Crippen LogP contribution in [-0.4, -0.2) is 31.4 Å². The quantitative estimate of drug-likeness (QED) is 0.826. The summed E-state index contributed by atoms with van der Waals surface area (Å²) in [5, 5.41) is 3.13. The van der Waals surface area contributed by atoms with Gasteiger partial charge in [-0.1, -0.05) is 43.7 Å². The molecule has 0 radical (unpaired) electrons. The first-order valence-corrected chi connectivity index (χ1v) is 9.08. The Balaban J connectivity index is 1.89. The van der Waals surface area contributed by atoms with Crippen molar-refractivity contribution in [3.05, 3.63) is 35.9 Å². The number of benzene rings is 1. The largest absolute Gasteiger partial charge is 0.356 e. The lowest BCUT2D eigenvalue weighted by atomic mass is 9.72. The Labute approximate surface area is 141 Å². The Morgan fingerprint density at radius 1 is 1.22 bits per heavy atom. The highest BCUT2D eigenvalue weighted by Gasteiger charge is 2.38. The average Bonchev–Trinajstić information content (AvgIpc) is 2.59. The number of nitrogens with one attached hydrogen (secondary N) is 1. The molecule has 0 aromatic heterocycles. The first-order chi connectivity index (χ1) is 11.1. The summed E-state index contributed by atoms with van der Waals surface area (Å²) in [4.78, 5) is 14.2. The van der Waals surface area contributed by atoms with Crippen LogP contribution in [0.1, 0.15) is 57.4 Å². The summed E-state index contributed by atoms with van der Waals surface area (Å²) >= 11 is 0. The van der Waals surface area contributed by atoms with Crippen LogP contribution in [-0.2, 0) is 10.3 Å². The fourth-order valence-electron chi connectivity index (χ4n) is 3.79. The van der Waals surface area contributed by atoms with Crippen molar-refractivity contribution in [3.63, 3.8) is 0 Å². The maximum Gasteiger partial charge on any atom is 0.220 e. The van der Waals surface area contributed by atoms with Crippen LogP contribution >= 0.6 is 0 Å². The Morgan fingerprint density at radius 3 is 2.43 bits per heavy atom. The molecule has 1 aromatic carbocycles. The van der Waals surface area contributed by atoms with Crippen molar-refractivity contribution in [2.75, 3.05) is 20.6 Å². The monoisotopic (exact) mass is 316 g/mol. The van der Waals surface area contributed by atoms with Gasteiger partial charge >= 0.3 is 0 Å². The zero-order valence-electron chi connectivity index (χ0n) is 15.0. The third kappa shape index (κ3) is 4.57. The summed E-state index contributed by atoms with van der Waals surface area (Å²) in [6.07, 6.45) is 7.45. The van der Waals surface area contributed by atoms with E-state index < -0.39 is 0 Å². The number of hydrogen-bond donors (Lipinski definition) is 1. The SMILES string of the molecule is CCCCC(=O)NCC1CCC(c2ccccc2)(N(C)C)CC1. The van der Waals surface area contributed by atoms with E-state index in [1.807, 2.05) is 0 Å². The maximum absolute atomic E-state index is 11.8. The van der Waals surface area contributed by atoms with Gasteiger partial charge in [0.1, 0.15) is 0 Å². The van der Waals surface area contributed by atoms with Crippen molar-refractivity contribution in [1.29, 1.82) is 0 Å². The maximum atomic E-state index is 11.8. The molecule has 0 unspecified atom stereocenters. The van der Waals surface area contributed by atoms with E-state index in [0.717, 1.165) is 19.4 Å². The van der Waals surface area contributed by atoms with Crippen LogP contribution < -0.4 is 5.32 Å². The third-order valence-corrected chi connectivity index (χ3v) is 5.44. The van der Waals surface area contributed by atoms with Crippen LogP contribution in [0.2, 0.25) is 0 Å². The van der Waals surface area contributed by atoms with Gasteiger partial charge in [0.2, 0.25) is 5.91 Å². The van der Waals surface area contributed by atoms with E-state index in [4.69, 9.17) is 0 Å². The molecule has 0 bridgehead atoms. The molecular formula is C20H32N2O. The molecule has 1 aliphatic carbocycles. The highest BCUT2D eigenvalue weighted by Crippen LogP contribution is 2.42. The molecule has 1 aliphatic rings. The molecule has 0 spiro atoms. The topological polar surface area (TPSA) is 32.3 Å². The third-order valence-electron chi connectivity index (χ3n) is 5.44. The first kappa shape index (κ1) is 18.0. The molecule has 1 saturated carbocycles. The van der Waals surface area contributed by atoms with Crippen LogP contribution in [0.15, 0.2) is 30.3 Å². The minimum absolute atomic E-state index is 0.157. The Hall–Kier alpha value is -1.35. The molecule has 0 heterocycles. The van der Waals surface area contributed by atoms with Gasteiger partial charge in [0.05, 0.1) is 0 Å². The Bertz CT molecular complexity index is 476. The number of hydrogen-bond acceptors (Lipinski definition) is 2. The lowest BCUT2D eigenvalue weighted by Crippen LogP contribution is -2.45. The summed E-state index contributed by atoms with van der Waals surface area (Å²) in [5.74, 6) is 0.844. The highest BCUT2D eigenvalue weighted by atomic mass is 16.1. The van der Waals surface area contributed by atoms with E-state index >= 15 is 0 Å². The minimum atomic E-state index is 0.157. The van der Waals surface area contributed by atoms with Crippen LogP contribution in [0.3, 0.4) is 0 Å². The predicted molar refractivity (Wildman–Crippen MR) is 96.3 cm³/mol. The highest BCUT2D eigenvalue weighted by molar-refractivity contribution is 5.75. The van der Waals surface area contributed by atoms with Crippen LogP contribution in [0.5, 0.6) is 0 Å². The molecule has 23 heavy (non-hydrogen) atoms. The Kier molecular flexibility index (Phi) is 6.64. The molecule has 1 aromatic rings. The van der Waals surface area contributed by atoms with Gasteiger partial charge in [-0.3, -0.25) is 9.69 Å². The smallest absolute Gasteiger partial charge is 0.220 e. The van der Waals surface area contributed by atoms with Gasteiger partial charge in [-0.25, -0.2) is 0 Å². The van der Waals surface area contributed by atoms with E-state index in [2.05, 4.69) is 61.6 Å². The van der Waals surface area contributed by atoms with Crippen molar-refractivity contribution < 1.29 is 4.79 Å². The summed E-state index contributed by atoms with van der Waals surface area (Å²) in [5.41, 5.74) is 1.58. The zero-order valence-corrected chi connectivity index (χ0v) is 15.0. The average molecular weight is 316 g/mol. The normalized spacial score (nSPS) is 24.6. The molecule has 1 N–H and O–H groups in total. The van der Waals surface area contributed by atoms with E-state index in [0.29, 0.717) is 12.3 Å². The second-order valence-electron chi connectivity index (χ2n) is 7.14. The molecule has 3 heteroatoms. The molecule has 2 rings (SSSR count). The van der Waals surface area contributed by atoms with Crippen molar-refractivity contribution in [2.24, 2.45) is 5.92 Å². The van der Waals surface area contributed by atoms with Crippen molar-refractivity contribution in [3.8, 4) is 0 Å². The van der Waals surface area contributed by atoms with Crippen LogP contribution in [0.25, 0.3) is 0 Å². The zero-order chi connectivity index (χ0) is 16.7. The van der Waals surface area contributed by atoms with Crippen LogP contribution in [0.4, 0.5) is 0 Å². The number of unbranched alkanes of at least 4 members (excludes halogenated alkanes) is 1. The first-order valence-electron chi connectivity index (χ1n) is 9.08. The number of nitrogens with zero attached hydrogens (tertiary/aromatic N) is 1. The lowest BCUT2D eigenvalue weighted by Gasteiger charge is -2.45. The summed E-state index contributed by atoms with van der Waals surface area (Å²) in [6.45, 7) is 2.97. The predicted octanol–water partition coefficient (Wildman–Crippen LogP) is 3.94. The molecule has 1 amide bonds. The summed E-state index contributed by atoms with van der Waals surface area (Å²) in [6, 6.07) is 10.9. The van der Waals surface area contributed by atoms with Gasteiger partial charge in [-0.2, -0.15) is 0 Å². The minimum Gasteiger partial charge on any atom is -0.356 e. The molecule has 128 valence electrons. The van der Waals surface area contributed by atoms with E-state index in [-0.39, 0.29) is 11.4 Å². The second kappa shape index (κ2) is 8.49. The summed E-state index contributed by atoms with van der Waals surface area (Å²) in [7, 11) is 4.39. The molecule has 0 atom stereocenters. The van der Waals surface area contributed by atoms with Gasteiger partial charge in [0.25, 0.3) is 0 Å². The molecule has 1 fully saturated rings. The molecule has 0 saturated heterocycles. The van der Waals surface area contributed by atoms with Crippen molar-refractivity contribution in [2.45, 2.75) is 57.4 Å². The second-order valence-corrected chi connectivity index (χ2v) is 7.14. The van der Waals surface area contributed by atoms with E-state index in [9.17, 15) is 4.79 Å². The van der Waals surface area contributed by atoms with E-state index in [1.54, 1.807) is 0 Å². The van der Waals surface area contributed by atoms with E-state index in [1.165, 1.54) is 31.2 Å². The van der Waals surface area contributed by atoms with Crippen LogP contribution in [0, 0.1) is 5.92 Å². The fraction of sp³-hybridized carbons (Fsp3) is 0.650. The number of carbonyl (C=O) groups excluding carboxylic acids is 1. The summed E-state index contributed by atoms with van der Waals surface area (Å²) < 4.78 is 0. The van der Waals surface area contributed by atoms with Gasteiger partial charge in [-0.15, -0.1) is 0 Å². The number of carbonyl (C=O) groups is 1. The van der Waals surface area contributed by atoms with Gasteiger partial charge < -0.3 is 5.32 Å². The Morgan fingerprint density at radius 2 is 1.87 bits per heavy atom. The van der Waals surface area contributed by atoms with Crippen molar-refractivity contribution in [1.82, 2.24) is 10.2 Å². The molecule has 3 nitrogen and oxygen atoms in total. The van der Waals surface area contributed by atoms with Crippen molar-refractivity contribution >= 4 is 5.91 Å². The van der Waals surface area contributed by atoms with Gasteiger partial charge in [-0.05, 0) is 57.7 Å². The molecule has 0 aliphatic heterocycles. The van der Waals surface area contributed by atoms with Gasteiger partial charge in [0.15, 0.2) is 0 Å².